The van der Waals surface area contributed by atoms with Crippen LogP contribution in [0.25, 0.3) is 0 Å². The first kappa shape index (κ1) is 14.3. The molecule has 1 N–H and O–H groups in total. The van der Waals surface area contributed by atoms with Gasteiger partial charge >= 0.3 is 0 Å². The molecule has 106 valence electrons. The van der Waals surface area contributed by atoms with Crippen molar-refractivity contribution in [3.8, 4) is 0 Å². The van der Waals surface area contributed by atoms with Gasteiger partial charge in [0.1, 0.15) is 0 Å². The zero-order valence-corrected chi connectivity index (χ0v) is 12.7. The lowest BCUT2D eigenvalue weighted by Gasteiger charge is -2.27. The van der Waals surface area contributed by atoms with E-state index in [1.807, 2.05) is 0 Å². The standard InChI is InChI=1S/C15H31N3/c1-12(2)9-14(10-17(3)4)16-13-7-8-18(11-13)15-5-6-15/h12-16H,5-11H2,1-4H3. The highest BCUT2D eigenvalue weighted by Gasteiger charge is 2.34. The predicted octanol–water partition coefficient (Wildman–Crippen LogP) is 1.79. The number of hydrogen-bond acceptors (Lipinski definition) is 3. The molecule has 0 aromatic heterocycles. The fraction of sp³-hybridized carbons (Fsp3) is 1.00. The molecule has 0 aromatic rings. The van der Waals surface area contributed by atoms with Gasteiger partial charge in [-0.2, -0.15) is 0 Å². The van der Waals surface area contributed by atoms with Crippen LogP contribution in [0.3, 0.4) is 0 Å². The highest BCUT2D eigenvalue weighted by atomic mass is 15.2. The first-order valence-electron chi connectivity index (χ1n) is 7.69. The van der Waals surface area contributed by atoms with Crippen molar-refractivity contribution in [1.82, 2.24) is 15.1 Å². The summed E-state index contributed by atoms with van der Waals surface area (Å²) in [6, 6.07) is 2.33. The van der Waals surface area contributed by atoms with Crippen LogP contribution in [0.15, 0.2) is 0 Å². The lowest BCUT2D eigenvalue weighted by Crippen LogP contribution is -2.45. The lowest BCUT2D eigenvalue weighted by atomic mass is 10.0. The molecule has 0 amide bonds. The van der Waals surface area contributed by atoms with Gasteiger partial charge in [-0.15, -0.1) is 0 Å². The largest absolute Gasteiger partial charge is 0.309 e. The van der Waals surface area contributed by atoms with Crippen LogP contribution < -0.4 is 5.32 Å². The normalized spacial score (nSPS) is 27.3. The fourth-order valence-corrected chi connectivity index (χ4v) is 3.23. The van der Waals surface area contributed by atoms with Gasteiger partial charge in [0.05, 0.1) is 0 Å². The highest BCUT2D eigenvalue weighted by Crippen LogP contribution is 2.30. The van der Waals surface area contributed by atoms with E-state index in [2.05, 4.69) is 43.1 Å². The Balaban J connectivity index is 1.76. The quantitative estimate of drug-likeness (QED) is 0.746. The van der Waals surface area contributed by atoms with Crippen molar-refractivity contribution in [2.45, 2.75) is 57.7 Å². The molecule has 1 aliphatic carbocycles. The summed E-state index contributed by atoms with van der Waals surface area (Å²) < 4.78 is 0. The minimum Gasteiger partial charge on any atom is -0.309 e. The molecule has 1 heterocycles. The van der Waals surface area contributed by atoms with E-state index in [1.54, 1.807) is 0 Å². The summed E-state index contributed by atoms with van der Waals surface area (Å²) in [4.78, 5) is 5.01. The van der Waals surface area contributed by atoms with Crippen molar-refractivity contribution in [2.24, 2.45) is 5.92 Å². The molecule has 1 aliphatic heterocycles. The molecule has 2 rings (SSSR count). The van der Waals surface area contributed by atoms with E-state index >= 15 is 0 Å². The first-order valence-corrected chi connectivity index (χ1v) is 7.69. The van der Waals surface area contributed by atoms with Crippen LogP contribution in [0.5, 0.6) is 0 Å². The molecule has 0 radical (unpaired) electrons. The molecular weight excluding hydrogens is 222 g/mol. The highest BCUT2D eigenvalue weighted by molar-refractivity contribution is 4.93. The molecule has 2 unspecified atom stereocenters. The summed E-state index contributed by atoms with van der Waals surface area (Å²) in [5.74, 6) is 0.781. The maximum absolute atomic E-state index is 3.91. The summed E-state index contributed by atoms with van der Waals surface area (Å²) in [5, 5.41) is 3.91. The average Bonchev–Trinajstić information content (AvgIpc) is 2.98. The average molecular weight is 253 g/mol. The van der Waals surface area contributed by atoms with Gasteiger partial charge in [-0.05, 0) is 45.7 Å². The molecule has 0 aromatic carbocycles. The first-order chi connectivity index (χ1) is 8.54. The summed E-state index contributed by atoms with van der Waals surface area (Å²) in [5.41, 5.74) is 0. The number of rotatable bonds is 7. The van der Waals surface area contributed by atoms with Gasteiger partial charge in [0.25, 0.3) is 0 Å². The van der Waals surface area contributed by atoms with E-state index in [0.717, 1.165) is 24.5 Å². The smallest absolute Gasteiger partial charge is 0.0210 e. The monoisotopic (exact) mass is 253 g/mol. The molecule has 1 saturated carbocycles. The summed E-state index contributed by atoms with van der Waals surface area (Å²) >= 11 is 0. The molecular formula is C15H31N3. The Morgan fingerprint density at radius 3 is 2.50 bits per heavy atom. The second-order valence-corrected chi connectivity index (χ2v) is 6.97. The molecule has 2 fully saturated rings. The van der Waals surface area contributed by atoms with E-state index in [9.17, 15) is 0 Å². The van der Waals surface area contributed by atoms with Crippen molar-refractivity contribution in [2.75, 3.05) is 33.7 Å². The Labute approximate surface area is 113 Å². The van der Waals surface area contributed by atoms with Gasteiger partial charge in [-0.1, -0.05) is 13.8 Å². The summed E-state index contributed by atoms with van der Waals surface area (Å²) in [6.45, 7) is 8.43. The van der Waals surface area contributed by atoms with Gasteiger partial charge in [0.2, 0.25) is 0 Å². The maximum atomic E-state index is 3.91. The molecule has 0 spiro atoms. The number of likely N-dealkylation sites (N-methyl/N-ethyl adjacent to an activating group) is 1. The molecule has 18 heavy (non-hydrogen) atoms. The third-order valence-corrected chi connectivity index (χ3v) is 4.10. The van der Waals surface area contributed by atoms with Crippen molar-refractivity contribution >= 4 is 0 Å². The predicted molar refractivity (Wildman–Crippen MR) is 77.9 cm³/mol. The van der Waals surface area contributed by atoms with E-state index in [4.69, 9.17) is 0 Å². The molecule has 3 nitrogen and oxygen atoms in total. The Bertz CT molecular complexity index is 238. The third-order valence-electron chi connectivity index (χ3n) is 4.10. The molecule has 3 heteroatoms. The minimum absolute atomic E-state index is 0.657. The number of nitrogens with zero attached hydrogens (tertiary/aromatic N) is 2. The zero-order chi connectivity index (χ0) is 13.1. The topological polar surface area (TPSA) is 18.5 Å². The van der Waals surface area contributed by atoms with Crippen LogP contribution in [0.4, 0.5) is 0 Å². The van der Waals surface area contributed by atoms with Crippen LogP contribution in [0.1, 0.15) is 39.5 Å². The summed E-state index contributed by atoms with van der Waals surface area (Å²) in [6.07, 6.45) is 5.52. The fourth-order valence-electron chi connectivity index (χ4n) is 3.23. The van der Waals surface area contributed by atoms with Crippen LogP contribution in [-0.2, 0) is 0 Å². The Hall–Kier alpha value is -0.120. The van der Waals surface area contributed by atoms with Crippen molar-refractivity contribution in [3.63, 3.8) is 0 Å². The second kappa shape index (κ2) is 6.36. The molecule has 0 bridgehead atoms. The number of nitrogens with one attached hydrogen (secondary N) is 1. The van der Waals surface area contributed by atoms with Gasteiger partial charge in [0.15, 0.2) is 0 Å². The van der Waals surface area contributed by atoms with E-state index in [-0.39, 0.29) is 0 Å². The van der Waals surface area contributed by atoms with E-state index < -0.39 is 0 Å². The Kier molecular flexibility index (Phi) is 5.05. The summed E-state index contributed by atoms with van der Waals surface area (Å²) in [7, 11) is 4.36. The third kappa shape index (κ3) is 4.52. The van der Waals surface area contributed by atoms with Gasteiger partial charge < -0.3 is 10.2 Å². The van der Waals surface area contributed by atoms with E-state index in [0.29, 0.717) is 6.04 Å². The van der Waals surface area contributed by atoms with Crippen molar-refractivity contribution in [3.05, 3.63) is 0 Å². The van der Waals surface area contributed by atoms with Crippen molar-refractivity contribution in [1.29, 1.82) is 0 Å². The van der Waals surface area contributed by atoms with Crippen LogP contribution in [0, 0.1) is 5.92 Å². The van der Waals surface area contributed by atoms with Gasteiger partial charge in [-0.25, -0.2) is 0 Å². The maximum Gasteiger partial charge on any atom is 0.0210 e. The van der Waals surface area contributed by atoms with Crippen LogP contribution in [0.2, 0.25) is 0 Å². The van der Waals surface area contributed by atoms with Crippen LogP contribution in [-0.4, -0.2) is 61.7 Å². The number of likely N-dealkylation sites (tertiary alicyclic amines) is 1. The number of hydrogen-bond donors (Lipinski definition) is 1. The zero-order valence-electron chi connectivity index (χ0n) is 12.7. The van der Waals surface area contributed by atoms with Crippen molar-refractivity contribution < 1.29 is 0 Å². The van der Waals surface area contributed by atoms with Gasteiger partial charge in [0, 0.05) is 37.8 Å². The minimum atomic E-state index is 0.657. The SMILES string of the molecule is CC(C)CC(CN(C)C)NC1CCN(C2CC2)C1. The van der Waals surface area contributed by atoms with Crippen LogP contribution >= 0.6 is 0 Å². The molecule has 2 atom stereocenters. The lowest BCUT2D eigenvalue weighted by molar-refractivity contribution is 0.273. The Morgan fingerprint density at radius 2 is 1.94 bits per heavy atom. The van der Waals surface area contributed by atoms with Gasteiger partial charge in [-0.3, -0.25) is 4.90 Å². The molecule has 1 saturated heterocycles. The second-order valence-electron chi connectivity index (χ2n) is 6.97. The Morgan fingerprint density at radius 1 is 1.22 bits per heavy atom. The van der Waals surface area contributed by atoms with E-state index in [1.165, 1.54) is 38.8 Å². The molecule has 2 aliphatic rings.